The largest absolute Gasteiger partial charge is 0.491 e. The van der Waals surface area contributed by atoms with E-state index in [0.717, 1.165) is 6.07 Å². The maximum absolute atomic E-state index is 15.1. The first kappa shape index (κ1) is 27.4. The molecule has 9 nitrogen and oxygen atoms in total. The lowest BCUT2D eigenvalue weighted by molar-refractivity contribution is -0.125. The van der Waals surface area contributed by atoms with Crippen LogP contribution in [0.15, 0.2) is 71.5 Å². The van der Waals surface area contributed by atoms with Gasteiger partial charge in [0.1, 0.15) is 17.3 Å². The fourth-order valence-corrected chi connectivity index (χ4v) is 4.56. The van der Waals surface area contributed by atoms with Crippen molar-refractivity contribution in [1.29, 1.82) is 0 Å². The predicted molar refractivity (Wildman–Crippen MR) is 148 cm³/mol. The second-order valence-electron chi connectivity index (χ2n) is 9.13. The lowest BCUT2D eigenvalue weighted by Crippen LogP contribution is -2.37. The molecule has 0 bridgehead atoms. The van der Waals surface area contributed by atoms with Gasteiger partial charge in [0.2, 0.25) is 5.91 Å². The van der Waals surface area contributed by atoms with Crippen molar-refractivity contribution in [3.8, 4) is 23.1 Å². The van der Waals surface area contributed by atoms with E-state index >= 15 is 4.39 Å². The van der Waals surface area contributed by atoms with Crippen LogP contribution >= 0.6 is 0 Å². The molecular weight excluding hydrogens is 534 g/mol. The summed E-state index contributed by atoms with van der Waals surface area (Å²) in [6.07, 6.45) is 1.49. The number of Topliss-reactive ketones (excluding diaryl/α,β-unsaturated/α-hetero) is 1. The summed E-state index contributed by atoms with van der Waals surface area (Å²) in [5, 5.41) is 2.59. The summed E-state index contributed by atoms with van der Waals surface area (Å²) in [4.78, 5) is 39.6. The molecule has 1 unspecified atom stereocenters. The number of nitrogens with one attached hydrogen (secondary N) is 1. The Morgan fingerprint density at radius 1 is 0.927 bits per heavy atom. The number of carbonyl (C=O) groups excluding carboxylic acids is 2. The van der Waals surface area contributed by atoms with Crippen LogP contribution in [-0.4, -0.2) is 41.6 Å². The van der Waals surface area contributed by atoms with Crippen LogP contribution in [0.3, 0.4) is 0 Å². The highest BCUT2D eigenvalue weighted by Crippen LogP contribution is 2.35. The third-order valence-corrected chi connectivity index (χ3v) is 6.47. The molecule has 0 fully saturated rings. The highest BCUT2D eigenvalue weighted by Gasteiger charge is 2.36. The second kappa shape index (κ2) is 11.1. The summed E-state index contributed by atoms with van der Waals surface area (Å²) in [6.45, 7) is 3.22. The van der Waals surface area contributed by atoms with Crippen LogP contribution in [-0.2, 0) is 9.59 Å². The molecule has 2 aromatic carbocycles. The summed E-state index contributed by atoms with van der Waals surface area (Å²) in [7, 11) is 2.91. The third-order valence-electron chi connectivity index (χ3n) is 6.47. The first-order chi connectivity index (χ1) is 19.7. The Kier molecular flexibility index (Phi) is 7.43. The molecule has 1 aliphatic rings. The quantitative estimate of drug-likeness (QED) is 0.288. The predicted octanol–water partition coefficient (Wildman–Crippen LogP) is 5.75. The molecule has 1 atom stereocenters. The van der Waals surface area contributed by atoms with E-state index in [1.54, 1.807) is 19.9 Å². The fraction of sp³-hybridized carbons (Fsp3) is 0.167. The minimum Gasteiger partial charge on any atom is -0.491 e. The molecule has 5 rings (SSSR count). The minimum absolute atomic E-state index is 0.110. The van der Waals surface area contributed by atoms with Crippen molar-refractivity contribution in [1.82, 2.24) is 9.97 Å². The van der Waals surface area contributed by atoms with E-state index in [1.807, 2.05) is 0 Å². The average Bonchev–Trinajstić information content (AvgIpc) is 2.94. The number of hydrogen-bond donors (Lipinski definition) is 1. The van der Waals surface area contributed by atoms with E-state index in [2.05, 4.69) is 20.3 Å². The number of fused-ring (bicyclic) bond motifs is 1. The molecule has 1 N–H and O–H groups in total. The van der Waals surface area contributed by atoms with Gasteiger partial charge in [-0.05, 0) is 43.7 Å². The standard InChI is InChI=1S/C30H24F2N4O5/c1-15-25(17-5-7-18(31)8-6-17)28(37)26(16(2)34-15)29(38)35-19-9-10-22(20(32)13-19)41-23-11-12-33-21-14-24(39-3)30(40-4)36-27(21)23/h5-14,26H,1-4H3,(H,35,38). The number of pyridine rings is 2. The Morgan fingerprint density at radius 2 is 1.68 bits per heavy atom. The number of rotatable bonds is 7. The van der Waals surface area contributed by atoms with Crippen LogP contribution in [0.2, 0.25) is 0 Å². The number of amides is 1. The maximum Gasteiger partial charge on any atom is 0.257 e. The number of nitrogens with zero attached hydrogens (tertiary/aromatic N) is 3. The number of hydrogen-bond acceptors (Lipinski definition) is 8. The fourth-order valence-electron chi connectivity index (χ4n) is 4.56. The summed E-state index contributed by atoms with van der Waals surface area (Å²) in [6, 6.07) is 12.4. The van der Waals surface area contributed by atoms with Crippen molar-refractivity contribution in [3.63, 3.8) is 0 Å². The number of ketones is 1. The molecule has 4 aromatic rings. The summed E-state index contributed by atoms with van der Waals surface area (Å²) in [5.41, 5.74) is 2.27. The lowest BCUT2D eigenvalue weighted by Gasteiger charge is -2.23. The van der Waals surface area contributed by atoms with E-state index in [4.69, 9.17) is 14.2 Å². The van der Waals surface area contributed by atoms with Gasteiger partial charge in [-0.1, -0.05) is 12.1 Å². The zero-order valence-corrected chi connectivity index (χ0v) is 22.5. The second-order valence-corrected chi connectivity index (χ2v) is 9.13. The van der Waals surface area contributed by atoms with Crippen molar-refractivity contribution in [2.75, 3.05) is 19.5 Å². The Hall–Kier alpha value is -5.19. The lowest BCUT2D eigenvalue weighted by atomic mass is 9.85. The number of ether oxygens (including phenoxy) is 3. The number of carbonyl (C=O) groups is 2. The smallest absolute Gasteiger partial charge is 0.257 e. The number of allylic oxidation sites excluding steroid dienone is 2. The molecule has 0 radical (unpaired) electrons. The number of benzene rings is 2. The molecule has 0 saturated carbocycles. The van der Waals surface area contributed by atoms with Crippen molar-refractivity contribution < 1.29 is 32.6 Å². The maximum atomic E-state index is 15.1. The first-order valence-electron chi connectivity index (χ1n) is 12.4. The first-order valence-corrected chi connectivity index (χ1v) is 12.4. The molecule has 41 heavy (non-hydrogen) atoms. The van der Waals surface area contributed by atoms with Gasteiger partial charge in [0.25, 0.3) is 5.88 Å². The molecule has 1 aliphatic heterocycles. The number of halogens is 2. The van der Waals surface area contributed by atoms with Gasteiger partial charge in [-0.2, -0.15) is 0 Å². The molecule has 2 aromatic heterocycles. The van der Waals surface area contributed by atoms with Crippen LogP contribution in [0.5, 0.6) is 23.1 Å². The van der Waals surface area contributed by atoms with Gasteiger partial charge < -0.3 is 19.5 Å². The summed E-state index contributed by atoms with van der Waals surface area (Å²) >= 11 is 0. The van der Waals surface area contributed by atoms with Crippen LogP contribution in [0.25, 0.3) is 16.6 Å². The highest BCUT2D eigenvalue weighted by molar-refractivity contribution is 6.38. The number of aromatic nitrogens is 2. The van der Waals surface area contributed by atoms with Crippen LogP contribution in [0, 0.1) is 17.6 Å². The van der Waals surface area contributed by atoms with Crippen LogP contribution in [0.4, 0.5) is 14.5 Å². The molecule has 3 heterocycles. The number of methoxy groups -OCH3 is 2. The third kappa shape index (κ3) is 5.33. The molecule has 0 aliphatic carbocycles. The van der Waals surface area contributed by atoms with Gasteiger partial charge >= 0.3 is 0 Å². The Balaban J connectivity index is 1.36. The van der Waals surface area contributed by atoms with Crippen molar-refractivity contribution >= 4 is 39.7 Å². The molecule has 11 heteroatoms. The van der Waals surface area contributed by atoms with Gasteiger partial charge in [0.05, 0.1) is 19.7 Å². The van der Waals surface area contributed by atoms with E-state index in [9.17, 15) is 14.0 Å². The monoisotopic (exact) mass is 558 g/mol. The van der Waals surface area contributed by atoms with Crippen LogP contribution < -0.4 is 19.5 Å². The zero-order chi connectivity index (χ0) is 29.3. The van der Waals surface area contributed by atoms with Gasteiger partial charge in [-0.15, -0.1) is 0 Å². The van der Waals surface area contributed by atoms with E-state index in [-0.39, 0.29) is 28.6 Å². The molecule has 0 spiro atoms. The Labute approximate surface area is 233 Å². The van der Waals surface area contributed by atoms with Gasteiger partial charge in [0, 0.05) is 47.1 Å². The molecule has 208 valence electrons. The van der Waals surface area contributed by atoms with E-state index in [1.165, 1.54) is 62.9 Å². The van der Waals surface area contributed by atoms with Crippen molar-refractivity contribution in [2.45, 2.75) is 13.8 Å². The SMILES string of the molecule is COc1cc2nccc(Oc3ccc(NC(=O)C4C(=O)C(c5ccc(F)cc5)=C(C)N=C4C)cc3F)c2nc1OC. The van der Waals surface area contributed by atoms with Crippen molar-refractivity contribution in [2.24, 2.45) is 10.9 Å². The topological polar surface area (TPSA) is 112 Å². The normalized spacial score (nSPS) is 15.0. The molecule has 1 amide bonds. The number of aliphatic imine (C=N–C) groups is 1. The minimum atomic E-state index is -1.24. The van der Waals surface area contributed by atoms with Crippen LogP contribution in [0.1, 0.15) is 19.4 Å². The Morgan fingerprint density at radius 3 is 2.37 bits per heavy atom. The molecular formula is C30H24F2N4O5. The van der Waals surface area contributed by atoms with Gasteiger partial charge in [0.15, 0.2) is 28.8 Å². The zero-order valence-electron chi connectivity index (χ0n) is 22.5. The van der Waals surface area contributed by atoms with Crippen molar-refractivity contribution in [3.05, 3.63) is 83.7 Å². The Bertz CT molecular complexity index is 1750. The highest BCUT2D eigenvalue weighted by atomic mass is 19.1. The number of anilines is 1. The summed E-state index contributed by atoms with van der Waals surface area (Å²) < 4.78 is 44.8. The van der Waals surface area contributed by atoms with E-state index < -0.39 is 29.2 Å². The van der Waals surface area contributed by atoms with Gasteiger partial charge in [-0.3, -0.25) is 19.6 Å². The van der Waals surface area contributed by atoms with Gasteiger partial charge in [-0.25, -0.2) is 13.8 Å². The molecule has 0 saturated heterocycles. The summed E-state index contributed by atoms with van der Waals surface area (Å²) in [5.74, 6) is -2.94. The average molecular weight is 559 g/mol. The van der Waals surface area contributed by atoms with E-state index in [0.29, 0.717) is 33.8 Å².